The molecule has 0 nitrogen and oxygen atoms in total. The van der Waals surface area contributed by atoms with E-state index in [2.05, 4.69) is 27.7 Å². The molecule has 1 heteroatoms. The SMILES string of the molecule is CCCCC1CCC(CCl)(CCCC(C)(C)C)CC1. The van der Waals surface area contributed by atoms with Crippen LogP contribution < -0.4 is 0 Å². The summed E-state index contributed by atoms with van der Waals surface area (Å²) in [6.07, 6.45) is 13.9. The van der Waals surface area contributed by atoms with Gasteiger partial charge in [0.1, 0.15) is 0 Å². The zero-order valence-electron chi connectivity index (χ0n) is 13.7. The number of hydrogen-bond donors (Lipinski definition) is 0. The molecular formula is C18H35Cl. The highest BCUT2D eigenvalue weighted by molar-refractivity contribution is 6.18. The second-order valence-corrected chi connectivity index (χ2v) is 8.40. The van der Waals surface area contributed by atoms with Crippen molar-refractivity contribution in [3.63, 3.8) is 0 Å². The van der Waals surface area contributed by atoms with Crippen molar-refractivity contribution in [2.75, 3.05) is 5.88 Å². The summed E-state index contributed by atoms with van der Waals surface area (Å²) in [6, 6.07) is 0. The van der Waals surface area contributed by atoms with Crippen molar-refractivity contribution in [1.29, 1.82) is 0 Å². The fraction of sp³-hybridized carbons (Fsp3) is 1.00. The Morgan fingerprint density at radius 1 is 1.11 bits per heavy atom. The molecule has 0 amide bonds. The zero-order chi connectivity index (χ0) is 14.4. The smallest absolute Gasteiger partial charge is 0.0280 e. The predicted molar refractivity (Wildman–Crippen MR) is 87.9 cm³/mol. The fourth-order valence-corrected chi connectivity index (χ4v) is 3.92. The van der Waals surface area contributed by atoms with Gasteiger partial charge in [-0.1, -0.05) is 53.4 Å². The van der Waals surface area contributed by atoms with Crippen LogP contribution in [0.3, 0.4) is 0 Å². The van der Waals surface area contributed by atoms with Crippen LogP contribution in [-0.2, 0) is 0 Å². The van der Waals surface area contributed by atoms with E-state index in [9.17, 15) is 0 Å². The van der Waals surface area contributed by atoms with Crippen LogP contribution in [0.25, 0.3) is 0 Å². The second kappa shape index (κ2) is 7.91. The average Bonchev–Trinajstić information content (AvgIpc) is 2.36. The lowest BCUT2D eigenvalue weighted by Gasteiger charge is -2.39. The van der Waals surface area contributed by atoms with Crippen molar-refractivity contribution in [3.05, 3.63) is 0 Å². The minimum Gasteiger partial charge on any atom is -0.126 e. The molecule has 0 spiro atoms. The summed E-state index contributed by atoms with van der Waals surface area (Å²) in [6.45, 7) is 9.35. The summed E-state index contributed by atoms with van der Waals surface area (Å²) in [5.74, 6) is 1.89. The monoisotopic (exact) mass is 286 g/mol. The van der Waals surface area contributed by atoms with Gasteiger partial charge >= 0.3 is 0 Å². The van der Waals surface area contributed by atoms with E-state index in [0.717, 1.165) is 11.8 Å². The summed E-state index contributed by atoms with van der Waals surface area (Å²) in [5, 5.41) is 0. The van der Waals surface area contributed by atoms with E-state index in [1.165, 1.54) is 64.2 Å². The van der Waals surface area contributed by atoms with Gasteiger partial charge in [-0.15, -0.1) is 11.6 Å². The van der Waals surface area contributed by atoms with Gasteiger partial charge in [0, 0.05) is 5.88 Å². The second-order valence-electron chi connectivity index (χ2n) is 8.13. The summed E-state index contributed by atoms with van der Waals surface area (Å²) in [7, 11) is 0. The predicted octanol–water partition coefficient (Wildman–Crippen LogP) is 6.81. The van der Waals surface area contributed by atoms with E-state index in [1.54, 1.807) is 0 Å². The molecule has 0 aliphatic heterocycles. The Hall–Kier alpha value is 0.290. The Morgan fingerprint density at radius 3 is 2.21 bits per heavy atom. The largest absolute Gasteiger partial charge is 0.126 e. The first-order valence-electron chi connectivity index (χ1n) is 8.47. The molecule has 1 saturated carbocycles. The molecular weight excluding hydrogens is 252 g/mol. The summed E-state index contributed by atoms with van der Waals surface area (Å²) in [5.41, 5.74) is 0.960. The van der Waals surface area contributed by atoms with Crippen molar-refractivity contribution in [3.8, 4) is 0 Å². The van der Waals surface area contributed by atoms with Gasteiger partial charge in [-0.3, -0.25) is 0 Å². The van der Waals surface area contributed by atoms with Crippen molar-refractivity contribution in [1.82, 2.24) is 0 Å². The van der Waals surface area contributed by atoms with E-state index in [4.69, 9.17) is 11.6 Å². The van der Waals surface area contributed by atoms with E-state index < -0.39 is 0 Å². The lowest BCUT2D eigenvalue weighted by molar-refractivity contribution is 0.145. The third-order valence-corrected chi connectivity index (χ3v) is 5.62. The van der Waals surface area contributed by atoms with E-state index in [1.807, 2.05) is 0 Å². The topological polar surface area (TPSA) is 0 Å². The van der Waals surface area contributed by atoms with Crippen LogP contribution in [0.2, 0.25) is 0 Å². The van der Waals surface area contributed by atoms with Gasteiger partial charge in [0.25, 0.3) is 0 Å². The average molecular weight is 287 g/mol. The highest BCUT2D eigenvalue weighted by Crippen LogP contribution is 2.45. The standard InChI is InChI=1S/C18H35Cl/c1-5-6-8-16-9-13-18(15-19,14-10-16)12-7-11-17(2,3)4/h16H,5-15H2,1-4H3. The Balaban J connectivity index is 2.33. The lowest BCUT2D eigenvalue weighted by Crippen LogP contribution is -2.29. The fourth-order valence-electron chi connectivity index (χ4n) is 3.52. The molecule has 0 aromatic heterocycles. The maximum absolute atomic E-state index is 6.34. The zero-order valence-corrected chi connectivity index (χ0v) is 14.5. The van der Waals surface area contributed by atoms with Crippen molar-refractivity contribution >= 4 is 11.6 Å². The summed E-state index contributed by atoms with van der Waals surface area (Å²) >= 11 is 6.34. The van der Waals surface area contributed by atoms with Gasteiger partial charge in [-0.25, -0.2) is 0 Å². The summed E-state index contributed by atoms with van der Waals surface area (Å²) in [4.78, 5) is 0. The lowest BCUT2D eigenvalue weighted by atomic mass is 9.67. The molecule has 0 heterocycles. The highest BCUT2D eigenvalue weighted by Gasteiger charge is 2.34. The van der Waals surface area contributed by atoms with Crippen molar-refractivity contribution in [2.45, 2.75) is 91.9 Å². The van der Waals surface area contributed by atoms with Crippen molar-refractivity contribution in [2.24, 2.45) is 16.7 Å². The first-order chi connectivity index (χ1) is 8.91. The van der Waals surface area contributed by atoms with Crippen LogP contribution in [0.4, 0.5) is 0 Å². The molecule has 114 valence electrons. The third-order valence-electron chi connectivity index (χ3n) is 5.05. The third kappa shape index (κ3) is 6.52. The van der Waals surface area contributed by atoms with E-state index >= 15 is 0 Å². The van der Waals surface area contributed by atoms with E-state index in [0.29, 0.717) is 10.8 Å². The van der Waals surface area contributed by atoms with Crippen LogP contribution in [0.1, 0.15) is 91.9 Å². The molecule has 1 aliphatic rings. The molecule has 0 N–H and O–H groups in total. The molecule has 1 rings (SSSR count). The van der Waals surface area contributed by atoms with Crippen LogP contribution in [0.5, 0.6) is 0 Å². The molecule has 0 unspecified atom stereocenters. The van der Waals surface area contributed by atoms with Gasteiger partial charge in [0.15, 0.2) is 0 Å². The van der Waals surface area contributed by atoms with Crippen LogP contribution in [0.15, 0.2) is 0 Å². The van der Waals surface area contributed by atoms with Gasteiger partial charge < -0.3 is 0 Å². The number of hydrogen-bond acceptors (Lipinski definition) is 0. The molecule has 0 bridgehead atoms. The normalized spacial score (nSPS) is 28.6. The molecule has 1 fully saturated rings. The molecule has 1 aliphatic carbocycles. The minimum absolute atomic E-state index is 0.478. The van der Waals surface area contributed by atoms with Crippen molar-refractivity contribution < 1.29 is 0 Å². The quantitative estimate of drug-likeness (QED) is 0.451. The first kappa shape index (κ1) is 17.3. The Labute approximate surface area is 126 Å². The highest BCUT2D eigenvalue weighted by atomic mass is 35.5. The molecule has 19 heavy (non-hydrogen) atoms. The van der Waals surface area contributed by atoms with Gasteiger partial charge in [-0.2, -0.15) is 0 Å². The molecule has 0 saturated heterocycles. The first-order valence-corrected chi connectivity index (χ1v) is 9.00. The maximum Gasteiger partial charge on any atom is 0.0280 e. The van der Waals surface area contributed by atoms with E-state index in [-0.39, 0.29) is 0 Å². The van der Waals surface area contributed by atoms with Gasteiger partial charge in [0.05, 0.1) is 0 Å². The number of rotatable bonds is 7. The maximum atomic E-state index is 6.34. The Morgan fingerprint density at radius 2 is 1.74 bits per heavy atom. The Bertz CT molecular complexity index is 231. The molecule has 0 aromatic rings. The number of alkyl halides is 1. The summed E-state index contributed by atoms with van der Waals surface area (Å²) < 4.78 is 0. The van der Waals surface area contributed by atoms with Crippen LogP contribution in [-0.4, -0.2) is 5.88 Å². The number of unbranched alkanes of at least 4 members (excludes halogenated alkanes) is 1. The van der Waals surface area contributed by atoms with Crippen LogP contribution in [0, 0.1) is 16.7 Å². The molecule has 0 radical (unpaired) electrons. The van der Waals surface area contributed by atoms with Crippen LogP contribution >= 0.6 is 11.6 Å². The number of halogens is 1. The Kier molecular flexibility index (Phi) is 7.22. The van der Waals surface area contributed by atoms with Gasteiger partial charge in [-0.05, 0) is 55.3 Å². The minimum atomic E-state index is 0.478. The van der Waals surface area contributed by atoms with Gasteiger partial charge in [0.2, 0.25) is 0 Å². The molecule has 0 atom stereocenters. The molecule has 0 aromatic carbocycles.